The Morgan fingerprint density at radius 2 is 2.00 bits per heavy atom. The molecular weight excluding hydrogens is 336 g/mol. The number of carbonyl (C=O) groups excluding carboxylic acids is 2. The van der Waals surface area contributed by atoms with E-state index in [2.05, 4.69) is 5.32 Å². The first-order chi connectivity index (χ1) is 12.3. The second-order valence-electron chi connectivity index (χ2n) is 7.18. The van der Waals surface area contributed by atoms with Crippen molar-refractivity contribution in [2.24, 2.45) is 0 Å². The van der Waals surface area contributed by atoms with Crippen LogP contribution in [0.25, 0.3) is 0 Å². The lowest BCUT2D eigenvalue weighted by atomic mass is 10.2. The fourth-order valence-electron chi connectivity index (χ4n) is 2.51. The van der Waals surface area contributed by atoms with Crippen molar-refractivity contribution in [1.29, 1.82) is 0 Å². The van der Waals surface area contributed by atoms with E-state index < -0.39 is 5.60 Å². The van der Waals surface area contributed by atoms with Crippen LogP contribution < -0.4 is 5.32 Å². The smallest absolute Gasteiger partial charge is 0.410 e. The Hall–Kier alpha value is -2.12. The van der Waals surface area contributed by atoms with Gasteiger partial charge in [0.25, 0.3) is 0 Å². The van der Waals surface area contributed by atoms with Gasteiger partial charge in [0, 0.05) is 13.1 Å². The zero-order valence-electron chi connectivity index (χ0n) is 15.7. The number of hydrogen-bond donors (Lipinski definition) is 1. The van der Waals surface area contributed by atoms with Crippen LogP contribution >= 0.6 is 0 Å². The van der Waals surface area contributed by atoms with Crippen molar-refractivity contribution in [3.05, 3.63) is 35.9 Å². The largest absolute Gasteiger partial charge is 0.460 e. The molecule has 1 saturated heterocycles. The van der Waals surface area contributed by atoms with Gasteiger partial charge in [0.2, 0.25) is 0 Å². The molecule has 0 spiro atoms. The lowest BCUT2D eigenvalue weighted by Gasteiger charge is -2.36. The maximum atomic E-state index is 12.3. The summed E-state index contributed by atoms with van der Waals surface area (Å²) in [7, 11) is 0. The van der Waals surface area contributed by atoms with Gasteiger partial charge >= 0.3 is 12.1 Å². The third-order valence-electron chi connectivity index (χ3n) is 3.75. The van der Waals surface area contributed by atoms with Crippen LogP contribution in [0.4, 0.5) is 4.79 Å². The fraction of sp³-hybridized carbons (Fsp3) is 0.579. The number of amides is 1. The highest BCUT2D eigenvalue weighted by Crippen LogP contribution is 2.14. The molecule has 0 aromatic heterocycles. The Kier molecular flexibility index (Phi) is 7.41. The number of hydrogen-bond acceptors (Lipinski definition) is 6. The quantitative estimate of drug-likeness (QED) is 0.778. The molecule has 1 aliphatic heterocycles. The highest BCUT2D eigenvalue weighted by atomic mass is 16.6. The van der Waals surface area contributed by atoms with Crippen LogP contribution in [0.5, 0.6) is 0 Å². The molecule has 26 heavy (non-hydrogen) atoms. The normalized spacial score (nSPS) is 17.7. The summed E-state index contributed by atoms with van der Waals surface area (Å²) in [6, 6.07) is 9.33. The molecule has 1 aromatic carbocycles. The predicted octanol–water partition coefficient (Wildman–Crippen LogP) is 1.96. The summed E-state index contributed by atoms with van der Waals surface area (Å²) >= 11 is 0. The van der Waals surface area contributed by atoms with Crippen LogP contribution in [0.1, 0.15) is 26.3 Å². The van der Waals surface area contributed by atoms with E-state index in [0.717, 1.165) is 5.56 Å². The molecular formula is C19H28N2O5. The molecule has 1 aromatic rings. The van der Waals surface area contributed by atoms with E-state index in [1.165, 1.54) is 0 Å². The number of ether oxygens (including phenoxy) is 3. The molecule has 144 valence electrons. The zero-order valence-corrected chi connectivity index (χ0v) is 15.7. The molecule has 0 bridgehead atoms. The lowest BCUT2D eigenvalue weighted by molar-refractivity contribution is -0.143. The van der Waals surface area contributed by atoms with Gasteiger partial charge in [-0.2, -0.15) is 0 Å². The van der Waals surface area contributed by atoms with E-state index in [9.17, 15) is 9.59 Å². The van der Waals surface area contributed by atoms with Crippen LogP contribution in [0, 0.1) is 0 Å². The molecule has 1 atom stereocenters. The first-order valence-electron chi connectivity index (χ1n) is 8.83. The Morgan fingerprint density at radius 3 is 2.69 bits per heavy atom. The van der Waals surface area contributed by atoms with Crippen molar-refractivity contribution in [3.63, 3.8) is 0 Å². The number of carbonyl (C=O) groups is 2. The Labute approximate surface area is 154 Å². The monoisotopic (exact) mass is 364 g/mol. The van der Waals surface area contributed by atoms with E-state index >= 15 is 0 Å². The van der Waals surface area contributed by atoms with Crippen molar-refractivity contribution in [2.45, 2.75) is 39.0 Å². The SMILES string of the molecule is CC(C)(C)OC(=O)N1CCOC[C@H]1CNCC(=O)OCc1ccccc1. The summed E-state index contributed by atoms with van der Waals surface area (Å²) in [4.78, 5) is 25.8. The summed E-state index contributed by atoms with van der Waals surface area (Å²) in [5.74, 6) is -0.339. The Balaban J connectivity index is 1.73. The Morgan fingerprint density at radius 1 is 1.27 bits per heavy atom. The van der Waals surface area contributed by atoms with Crippen LogP contribution in [-0.4, -0.2) is 61.5 Å². The second-order valence-corrected chi connectivity index (χ2v) is 7.18. The standard InChI is InChI=1S/C19H28N2O5/c1-19(2,3)26-18(23)21-9-10-24-14-16(21)11-20-12-17(22)25-13-15-7-5-4-6-8-15/h4-8,16,20H,9-14H2,1-3H3/t16-/m1/s1. The number of esters is 1. The molecule has 1 heterocycles. The predicted molar refractivity (Wildman–Crippen MR) is 96.7 cm³/mol. The molecule has 1 fully saturated rings. The van der Waals surface area contributed by atoms with Crippen LogP contribution in [0.15, 0.2) is 30.3 Å². The van der Waals surface area contributed by atoms with E-state index in [4.69, 9.17) is 14.2 Å². The average molecular weight is 364 g/mol. The molecule has 0 unspecified atom stereocenters. The molecule has 7 nitrogen and oxygen atoms in total. The highest BCUT2D eigenvalue weighted by molar-refractivity contribution is 5.71. The van der Waals surface area contributed by atoms with E-state index in [1.807, 2.05) is 51.1 Å². The highest BCUT2D eigenvalue weighted by Gasteiger charge is 2.30. The first kappa shape index (κ1) is 20.2. The molecule has 1 N–H and O–H groups in total. The minimum atomic E-state index is -0.547. The third-order valence-corrected chi connectivity index (χ3v) is 3.75. The van der Waals surface area contributed by atoms with Gasteiger partial charge in [0.15, 0.2) is 0 Å². The number of benzene rings is 1. The summed E-state index contributed by atoms with van der Waals surface area (Å²) in [5, 5.41) is 3.03. The summed E-state index contributed by atoms with van der Waals surface area (Å²) in [6.45, 7) is 7.62. The molecule has 1 aliphatic rings. The molecule has 1 amide bonds. The molecule has 0 radical (unpaired) electrons. The number of nitrogens with zero attached hydrogens (tertiary/aromatic N) is 1. The molecule has 0 aliphatic carbocycles. The topological polar surface area (TPSA) is 77.1 Å². The van der Waals surface area contributed by atoms with Gasteiger partial charge in [-0.3, -0.25) is 9.69 Å². The van der Waals surface area contributed by atoms with Gasteiger partial charge in [-0.15, -0.1) is 0 Å². The second kappa shape index (κ2) is 9.54. The first-order valence-corrected chi connectivity index (χ1v) is 8.83. The average Bonchev–Trinajstić information content (AvgIpc) is 2.60. The van der Waals surface area contributed by atoms with Crippen molar-refractivity contribution in [2.75, 3.05) is 32.8 Å². The summed E-state index contributed by atoms with van der Waals surface area (Å²) in [6.07, 6.45) is -0.362. The van der Waals surface area contributed by atoms with Crippen LogP contribution in [-0.2, 0) is 25.6 Å². The van der Waals surface area contributed by atoms with Crippen molar-refractivity contribution in [3.8, 4) is 0 Å². The van der Waals surface area contributed by atoms with E-state index in [0.29, 0.717) is 26.3 Å². The number of morpholine rings is 1. The minimum absolute atomic E-state index is 0.0749. The van der Waals surface area contributed by atoms with Gasteiger partial charge < -0.3 is 19.5 Å². The van der Waals surface area contributed by atoms with Crippen molar-refractivity contribution in [1.82, 2.24) is 10.2 Å². The Bertz CT molecular complexity index is 585. The number of rotatable bonds is 6. The van der Waals surface area contributed by atoms with Crippen LogP contribution in [0.3, 0.4) is 0 Å². The van der Waals surface area contributed by atoms with Gasteiger partial charge in [0.1, 0.15) is 12.2 Å². The van der Waals surface area contributed by atoms with Gasteiger partial charge in [-0.05, 0) is 26.3 Å². The lowest BCUT2D eigenvalue weighted by Crippen LogP contribution is -2.54. The maximum Gasteiger partial charge on any atom is 0.410 e. The van der Waals surface area contributed by atoms with Gasteiger partial charge in [-0.1, -0.05) is 30.3 Å². The van der Waals surface area contributed by atoms with Gasteiger partial charge in [-0.25, -0.2) is 4.79 Å². The number of nitrogens with one attached hydrogen (secondary N) is 1. The van der Waals surface area contributed by atoms with Crippen LogP contribution in [0.2, 0.25) is 0 Å². The molecule has 7 heteroatoms. The molecule has 2 rings (SSSR count). The minimum Gasteiger partial charge on any atom is -0.460 e. The summed E-state index contributed by atoms with van der Waals surface area (Å²) in [5.41, 5.74) is 0.395. The van der Waals surface area contributed by atoms with Gasteiger partial charge in [0.05, 0.1) is 25.8 Å². The summed E-state index contributed by atoms with van der Waals surface area (Å²) < 4.78 is 16.1. The molecule has 0 saturated carbocycles. The third kappa shape index (κ3) is 7.01. The van der Waals surface area contributed by atoms with E-state index in [-0.39, 0.29) is 31.3 Å². The zero-order chi connectivity index (χ0) is 19.0. The fourth-order valence-corrected chi connectivity index (χ4v) is 2.51. The maximum absolute atomic E-state index is 12.3. The van der Waals surface area contributed by atoms with E-state index in [1.54, 1.807) is 4.90 Å². The van der Waals surface area contributed by atoms with Crippen molar-refractivity contribution >= 4 is 12.1 Å². The van der Waals surface area contributed by atoms with Crippen molar-refractivity contribution < 1.29 is 23.8 Å².